The summed E-state index contributed by atoms with van der Waals surface area (Å²) in [5.74, 6) is 0.243. The third-order valence-electron chi connectivity index (χ3n) is 5.15. The van der Waals surface area contributed by atoms with Crippen LogP contribution in [0.25, 0.3) is 0 Å². The highest BCUT2D eigenvalue weighted by molar-refractivity contribution is 7.99. The Bertz CT molecular complexity index is 1080. The minimum Gasteiger partial charge on any atom is -0.496 e. The highest BCUT2D eigenvalue weighted by atomic mass is 32.2. The molecule has 0 fully saturated rings. The lowest BCUT2D eigenvalue weighted by molar-refractivity contribution is -0.144. The molecule has 0 saturated carbocycles. The molecule has 158 valence electrons. The second kappa shape index (κ2) is 9.27. The molecule has 0 amide bonds. The number of fused-ring (bicyclic) bond motifs is 2. The van der Waals surface area contributed by atoms with Crippen LogP contribution in [0.2, 0.25) is 0 Å². The van der Waals surface area contributed by atoms with Crippen molar-refractivity contribution in [3.8, 4) is 5.75 Å². The lowest BCUT2D eigenvalue weighted by Crippen LogP contribution is -2.24. The van der Waals surface area contributed by atoms with Crippen LogP contribution in [0.1, 0.15) is 29.3 Å². The molecule has 1 aliphatic rings. The number of hydrogen-bond donors (Lipinski definition) is 0. The summed E-state index contributed by atoms with van der Waals surface area (Å²) >= 11 is 1.74. The van der Waals surface area contributed by atoms with E-state index in [2.05, 4.69) is 29.2 Å². The van der Waals surface area contributed by atoms with Gasteiger partial charge in [-0.3, -0.25) is 9.59 Å². The second-order valence-corrected chi connectivity index (χ2v) is 8.27. The van der Waals surface area contributed by atoms with Crippen molar-refractivity contribution < 1.29 is 19.1 Å². The van der Waals surface area contributed by atoms with Gasteiger partial charge in [-0.2, -0.15) is 0 Å². The van der Waals surface area contributed by atoms with E-state index in [-0.39, 0.29) is 24.8 Å². The maximum Gasteiger partial charge on any atom is 0.307 e. The summed E-state index contributed by atoms with van der Waals surface area (Å²) in [4.78, 5) is 28.7. The number of carbonyl (C=O) groups is 2. The highest BCUT2D eigenvalue weighted by Crippen LogP contribution is 2.47. The molecule has 0 spiro atoms. The Labute approximate surface area is 186 Å². The summed E-state index contributed by atoms with van der Waals surface area (Å²) in [7, 11) is 1.55. The molecule has 0 aliphatic carbocycles. The fourth-order valence-corrected chi connectivity index (χ4v) is 4.66. The van der Waals surface area contributed by atoms with Gasteiger partial charge < -0.3 is 14.4 Å². The third kappa shape index (κ3) is 4.59. The van der Waals surface area contributed by atoms with Crippen molar-refractivity contribution >= 4 is 34.9 Å². The van der Waals surface area contributed by atoms with Gasteiger partial charge in [0.1, 0.15) is 12.4 Å². The normalized spacial score (nSPS) is 12.0. The van der Waals surface area contributed by atoms with Crippen molar-refractivity contribution in [2.24, 2.45) is 0 Å². The Morgan fingerprint density at radius 2 is 1.58 bits per heavy atom. The number of carbonyl (C=O) groups excluding carboxylic acids is 2. The van der Waals surface area contributed by atoms with Crippen molar-refractivity contribution in [3.05, 3.63) is 77.9 Å². The number of para-hydroxylation sites is 2. The van der Waals surface area contributed by atoms with Gasteiger partial charge in [-0.1, -0.05) is 36.0 Å². The molecule has 6 heteroatoms. The van der Waals surface area contributed by atoms with E-state index in [0.717, 1.165) is 11.4 Å². The lowest BCUT2D eigenvalue weighted by Gasteiger charge is -2.32. The molecule has 0 bridgehead atoms. The Kier molecular flexibility index (Phi) is 6.28. The first-order valence-corrected chi connectivity index (χ1v) is 10.9. The predicted octanol–water partition coefficient (Wildman–Crippen LogP) is 5.63. The fraction of sp³-hybridized carbons (Fsp3) is 0.200. The van der Waals surface area contributed by atoms with E-state index in [1.165, 1.54) is 16.7 Å². The van der Waals surface area contributed by atoms with Crippen LogP contribution in [0.15, 0.2) is 76.5 Å². The van der Waals surface area contributed by atoms with Gasteiger partial charge in [0, 0.05) is 27.5 Å². The number of methoxy groups -OCH3 is 1. The lowest BCUT2D eigenvalue weighted by atomic mass is 10.1. The first kappa shape index (κ1) is 21.0. The number of esters is 1. The predicted molar refractivity (Wildman–Crippen MR) is 121 cm³/mol. The number of hydrogen-bond acceptors (Lipinski definition) is 6. The summed E-state index contributed by atoms with van der Waals surface area (Å²) in [6.07, 6.45) is 0.238. The van der Waals surface area contributed by atoms with Gasteiger partial charge in [-0.25, -0.2) is 0 Å². The van der Waals surface area contributed by atoms with Crippen molar-refractivity contribution in [3.63, 3.8) is 0 Å². The fourth-order valence-electron chi connectivity index (χ4n) is 3.57. The molecule has 31 heavy (non-hydrogen) atoms. The topological polar surface area (TPSA) is 55.8 Å². The zero-order chi connectivity index (χ0) is 21.8. The molecule has 3 aromatic rings. The Balaban J connectivity index is 1.45. The number of benzene rings is 3. The zero-order valence-corrected chi connectivity index (χ0v) is 18.3. The smallest absolute Gasteiger partial charge is 0.307 e. The Hall–Kier alpha value is -3.25. The monoisotopic (exact) mass is 433 g/mol. The summed E-state index contributed by atoms with van der Waals surface area (Å²) in [5, 5.41) is 0. The van der Waals surface area contributed by atoms with E-state index < -0.39 is 0 Å². The second-order valence-electron chi connectivity index (χ2n) is 7.18. The van der Waals surface area contributed by atoms with E-state index in [1.807, 2.05) is 24.3 Å². The van der Waals surface area contributed by atoms with Crippen LogP contribution in [0.5, 0.6) is 5.75 Å². The van der Waals surface area contributed by atoms with E-state index in [0.29, 0.717) is 23.4 Å². The maximum atomic E-state index is 12.5. The van der Waals surface area contributed by atoms with Crippen LogP contribution in [0.3, 0.4) is 0 Å². The molecular formula is C25H23NO4S. The quantitative estimate of drug-likeness (QED) is 0.355. The molecule has 1 aliphatic heterocycles. The van der Waals surface area contributed by atoms with Gasteiger partial charge in [0.25, 0.3) is 0 Å². The van der Waals surface area contributed by atoms with Crippen LogP contribution >= 0.6 is 11.8 Å². The number of ketones is 1. The number of rotatable bonds is 7. The number of anilines is 2. The van der Waals surface area contributed by atoms with Gasteiger partial charge in [0.2, 0.25) is 0 Å². The molecule has 1 heterocycles. The molecule has 0 unspecified atom stereocenters. The van der Waals surface area contributed by atoms with E-state index >= 15 is 0 Å². The minimum atomic E-state index is -0.302. The van der Waals surface area contributed by atoms with Gasteiger partial charge in [0.05, 0.1) is 24.9 Å². The average molecular weight is 434 g/mol. The first-order chi connectivity index (χ1) is 15.1. The standard InChI is InChI=1S/C25H23NO4S/c1-17(27)18-11-12-22(29-2)19(15-18)16-30-25(28)13-14-26-20-7-3-5-9-23(20)31-24-10-6-4-8-21(24)26/h3-12,15H,13-14,16H2,1-2H3. The number of Topliss-reactive ketones (excluding diaryl/α,β-unsaturated/α-hetero) is 1. The van der Waals surface area contributed by atoms with Crippen molar-refractivity contribution in [2.75, 3.05) is 18.6 Å². The summed E-state index contributed by atoms with van der Waals surface area (Å²) in [5.41, 5.74) is 3.42. The molecular weight excluding hydrogens is 410 g/mol. The molecule has 0 aromatic heterocycles. The van der Waals surface area contributed by atoms with Crippen LogP contribution in [-0.2, 0) is 16.1 Å². The van der Waals surface area contributed by atoms with Gasteiger partial charge in [-0.05, 0) is 49.4 Å². The van der Waals surface area contributed by atoms with Crippen LogP contribution < -0.4 is 9.64 Å². The van der Waals surface area contributed by atoms with Gasteiger partial charge in [-0.15, -0.1) is 0 Å². The Morgan fingerprint density at radius 3 is 2.19 bits per heavy atom. The summed E-state index contributed by atoms with van der Waals surface area (Å²) in [6, 6.07) is 21.5. The number of ether oxygens (including phenoxy) is 2. The minimum absolute atomic E-state index is 0.0458. The van der Waals surface area contributed by atoms with E-state index in [1.54, 1.807) is 37.1 Å². The molecule has 4 rings (SSSR count). The maximum absolute atomic E-state index is 12.5. The highest BCUT2D eigenvalue weighted by Gasteiger charge is 2.23. The van der Waals surface area contributed by atoms with E-state index in [4.69, 9.17) is 9.47 Å². The van der Waals surface area contributed by atoms with E-state index in [9.17, 15) is 9.59 Å². The van der Waals surface area contributed by atoms with Crippen LogP contribution in [-0.4, -0.2) is 25.4 Å². The summed E-state index contributed by atoms with van der Waals surface area (Å²) in [6.45, 7) is 2.08. The van der Waals surface area contributed by atoms with Crippen LogP contribution in [0.4, 0.5) is 11.4 Å². The average Bonchev–Trinajstić information content (AvgIpc) is 2.80. The largest absolute Gasteiger partial charge is 0.496 e. The van der Waals surface area contributed by atoms with Gasteiger partial charge >= 0.3 is 5.97 Å². The number of nitrogens with zero attached hydrogens (tertiary/aromatic N) is 1. The molecule has 5 nitrogen and oxygen atoms in total. The molecule has 0 N–H and O–H groups in total. The zero-order valence-electron chi connectivity index (χ0n) is 17.5. The first-order valence-electron chi connectivity index (χ1n) is 10.0. The molecule has 3 aromatic carbocycles. The van der Waals surface area contributed by atoms with Crippen LogP contribution in [0, 0.1) is 0 Å². The van der Waals surface area contributed by atoms with Crippen molar-refractivity contribution in [1.29, 1.82) is 0 Å². The molecule has 0 atom stereocenters. The Morgan fingerprint density at radius 1 is 0.935 bits per heavy atom. The van der Waals surface area contributed by atoms with Crippen molar-refractivity contribution in [2.45, 2.75) is 29.7 Å². The molecule has 0 saturated heterocycles. The van der Waals surface area contributed by atoms with Gasteiger partial charge in [0.15, 0.2) is 5.78 Å². The SMILES string of the molecule is COc1ccc(C(C)=O)cc1COC(=O)CCN1c2ccccc2Sc2ccccc21. The molecule has 0 radical (unpaired) electrons. The summed E-state index contributed by atoms with van der Waals surface area (Å²) < 4.78 is 10.8. The third-order valence-corrected chi connectivity index (χ3v) is 6.28. The van der Waals surface area contributed by atoms with Crippen molar-refractivity contribution in [1.82, 2.24) is 0 Å².